The summed E-state index contributed by atoms with van der Waals surface area (Å²) in [6.45, 7) is 4.63. The highest BCUT2D eigenvalue weighted by atomic mass is 16.7. The van der Waals surface area contributed by atoms with Gasteiger partial charge in [-0.05, 0) is 25.3 Å². The molecule has 0 aromatic carbocycles. The van der Waals surface area contributed by atoms with Gasteiger partial charge < -0.3 is 4.98 Å². The zero-order valence-electron chi connectivity index (χ0n) is 9.75. The van der Waals surface area contributed by atoms with Crippen LogP contribution in [0.15, 0.2) is 12.4 Å². The van der Waals surface area contributed by atoms with Crippen molar-refractivity contribution in [2.45, 2.75) is 26.2 Å². The summed E-state index contributed by atoms with van der Waals surface area (Å²) in [7, 11) is 0. The topological polar surface area (TPSA) is 28.3 Å². The van der Waals surface area contributed by atoms with E-state index in [-0.39, 0.29) is 0 Å². The van der Waals surface area contributed by atoms with Gasteiger partial charge >= 0.3 is 0 Å². The number of hydrogen-bond acceptors (Lipinski definition) is 2. The molecule has 1 aromatic rings. The summed E-state index contributed by atoms with van der Waals surface area (Å²) in [6.07, 6.45) is 7.68. The van der Waals surface area contributed by atoms with Gasteiger partial charge in [0, 0.05) is 31.0 Å². The number of nitrogens with zero attached hydrogens (tertiary/aromatic N) is 1. The van der Waals surface area contributed by atoms with Crippen molar-refractivity contribution in [3.8, 4) is 11.8 Å². The van der Waals surface area contributed by atoms with Crippen molar-refractivity contribution >= 4 is 0 Å². The zero-order valence-corrected chi connectivity index (χ0v) is 9.75. The summed E-state index contributed by atoms with van der Waals surface area (Å²) < 4.78 is 0. The average Bonchev–Trinajstić information content (AvgIpc) is 2.72. The lowest BCUT2D eigenvalue weighted by Gasteiger charge is -2.24. The second kappa shape index (κ2) is 5.74. The number of aromatic amines is 1. The highest BCUT2D eigenvalue weighted by Crippen LogP contribution is 2.08. The molecular weight excluding hydrogens is 200 g/mol. The number of piperidine rings is 1. The molecule has 0 aliphatic carbocycles. The van der Waals surface area contributed by atoms with Crippen molar-refractivity contribution in [2.75, 3.05) is 19.7 Å². The van der Waals surface area contributed by atoms with Crippen LogP contribution in [-0.4, -0.2) is 29.7 Å². The molecule has 0 saturated carbocycles. The molecule has 1 fully saturated rings. The summed E-state index contributed by atoms with van der Waals surface area (Å²) in [5, 5.41) is 2.03. The number of nitrogens with one attached hydrogen (secondary N) is 1. The Morgan fingerprint density at radius 2 is 2.12 bits per heavy atom. The number of hydrogen-bond donors (Lipinski definition) is 1. The lowest BCUT2D eigenvalue weighted by Crippen LogP contribution is -2.29. The van der Waals surface area contributed by atoms with Crippen molar-refractivity contribution in [3.05, 3.63) is 23.5 Å². The standard InChI is InChI=1S/C13H18N2O/c1-12-10-14-11-13(12)6-5-9-16-15-7-3-2-4-8-15/h10-11,14H,2-4,7-9H2,1H3. The number of H-pyrrole nitrogens is 1. The quantitative estimate of drug-likeness (QED) is 0.770. The Morgan fingerprint density at radius 3 is 2.81 bits per heavy atom. The molecule has 0 radical (unpaired) electrons. The Balaban J connectivity index is 1.75. The minimum Gasteiger partial charge on any atom is -0.366 e. The fraction of sp³-hybridized carbons (Fsp3) is 0.538. The van der Waals surface area contributed by atoms with E-state index in [0.29, 0.717) is 6.61 Å². The molecule has 1 aliphatic rings. The van der Waals surface area contributed by atoms with Gasteiger partial charge in [-0.1, -0.05) is 18.3 Å². The van der Waals surface area contributed by atoms with Crippen LogP contribution in [-0.2, 0) is 4.84 Å². The van der Waals surface area contributed by atoms with Gasteiger partial charge in [0.15, 0.2) is 0 Å². The SMILES string of the molecule is Cc1c[nH]cc1C#CCON1CCCCC1. The minimum absolute atomic E-state index is 0.491. The van der Waals surface area contributed by atoms with E-state index >= 15 is 0 Å². The monoisotopic (exact) mass is 218 g/mol. The van der Waals surface area contributed by atoms with Crippen molar-refractivity contribution in [3.63, 3.8) is 0 Å². The summed E-state index contributed by atoms with van der Waals surface area (Å²) in [6, 6.07) is 0. The van der Waals surface area contributed by atoms with Crippen LogP contribution in [0.25, 0.3) is 0 Å². The van der Waals surface area contributed by atoms with Gasteiger partial charge in [0.1, 0.15) is 6.61 Å². The van der Waals surface area contributed by atoms with Crippen LogP contribution in [0, 0.1) is 18.8 Å². The van der Waals surface area contributed by atoms with Crippen LogP contribution >= 0.6 is 0 Å². The first kappa shape index (κ1) is 11.3. The van der Waals surface area contributed by atoms with Crippen molar-refractivity contribution in [2.24, 2.45) is 0 Å². The van der Waals surface area contributed by atoms with E-state index in [9.17, 15) is 0 Å². The maximum absolute atomic E-state index is 5.57. The van der Waals surface area contributed by atoms with Gasteiger partial charge in [-0.15, -0.1) is 0 Å². The van der Waals surface area contributed by atoms with Crippen LogP contribution in [0.5, 0.6) is 0 Å². The maximum atomic E-state index is 5.57. The van der Waals surface area contributed by atoms with Gasteiger partial charge in [-0.2, -0.15) is 5.06 Å². The molecule has 0 atom stereocenters. The molecular formula is C13H18N2O. The van der Waals surface area contributed by atoms with Crippen LogP contribution in [0.2, 0.25) is 0 Å². The highest BCUT2D eigenvalue weighted by molar-refractivity contribution is 5.38. The smallest absolute Gasteiger partial charge is 0.129 e. The summed E-state index contributed by atoms with van der Waals surface area (Å²) >= 11 is 0. The fourth-order valence-corrected chi connectivity index (χ4v) is 1.83. The molecule has 3 heteroatoms. The largest absolute Gasteiger partial charge is 0.366 e. The van der Waals surface area contributed by atoms with E-state index < -0.39 is 0 Å². The Morgan fingerprint density at radius 1 is 1.31 bits per heavy atom. The summed E-state index contributed by atoms with van der Waals surface area (Å²) in [4.78, 5) is 8.61. The first-order valence-corrected chi connectivity index (χ1v) is 5.86. The van der Waals surface area contributed by atoms with Crippen LogP contribution in [0.3, 0.4) is 0 Å². The second-order valence-electron chi connectivity index (χ2n) is 4.12. The van der Waals surface area contributed by atoms with E-state index in [2.05, 4.69) is 16.8 Å². The Hall–Kier alpha value is -1.24. The van der Waals surface area contributed by atoms with E-state index in [4.69, 9.17) is 4.84 Å². The molecule has 1 aliphatic heterocycles. The molecule has 1 aromatic heterocycles. The van der Waals surface area contributed by atoms with E-state index in [1.807, 2.05) is 24.4 Å². The third-order valence-corrected chi connectivity index (χ3v) is 2.81. The molecule has 0 spiro atoms. The molecule has 2 rings (SSSR count). The predicted octanol–water partition coefficient (Wildman–Crippen LogP) is 2.09. The third kappa shape index (κ3) is 3.13. The Bertz CT molecular complexity index is 380. The summed E-state index contributed by atoms with van der Waals surface area (Å²) in [5.41, 5.74) is 2.24. The van der Waals surface area contributed by atoms with Crippen molar-refractivity contribution < 1.29 is 4.84 Å². The first-order chi connectivity index (χ1) is 7.86. The molecule has 2 heterocycles. The molecule has 86 valence electrons. The van der Waals surface area contributed by atoms with Crippen LogP contribution in [0.4, 0.5) is 0 Å². The number of hydroxylamine groups is 2. The number of aryl methyl sites for hydroxylation is 1. The second-order valence-corrected chi connectivity index (χ2v) is 4.12. The molecule has 16 heavy (non-hydrogen) atoms. The lowest BCUT2D eigenvalue weighted by molar-refractivity contribution is -0.155. The highest BCUT2D eigenvalue weighted by Gasteiger charge is 2.08. The average molecular weight is 218 g/mol. The zero-order chi connectivity index (χ0) is 11.2. The fourth-order valence-electron chi connectivity index (χ4n) is 1.83. The van der Waals surface area contributed by atoms with Crippen molar-refractivity contribution in [1.82, 2.24) is 10.0 Å². The minimum atomic E-state index is 0.491. The molecule has 1 saturated heterocycles. The van der Waals surface area contributed by atoms with Gasteiger partial charge in [-0.3, -0.25) is 4.84 Å². The molecule has 0 bridgehead atoms. The Kier molecular flexibility index (Phi) is 4.03. The molecule has 0 unspecified atom stereocenters. The van der Waals surface area contributed by atoms with Crippen LogP contribution < -0.4 is 0 Å². The van der Waals surface area contributed by atoms with Gasteiger partial charge in [0.05, 0.1) is 0 Å². The van der Waals surface area contributed by atoms with Crippen molar-refractivity contribution in [1.29, 1.82) is 0 Å². The van der Waals surface area contributed by atoms with Gasteiger partial charge in [-0.25, -0.2) is 0 Å². The first-order valence-electron chi connectivity index (χ1n) is 5.86. The number of aromatic nitrogens is 1. The normalized spacial score (nSPS) is 16.8. The molecule has 1 N–H and O–H groups in total. The summed E-state index contributed by atoms with van der Waals surface area (Å²) in [5.74, 6) is 6.14. The number of rotatable bonds is 2. The van der Waals surface area contributed by atoms with Gasteiger partial charge in [0.2, 0.25) is 0 Å². The van der Waals surface area contributed by atoms with Crippen LogP contribution in [0.1, 0.15) is 30.4 Å². The molecule has 3 nitrogen and oxygen atoms in total. The third-order valence-electron chi connectivity index (χ3n) is 2.81. The lowest BCUT2D eigenvalue weighted by atomic mass is 10.2. The maximum Gasteiger partial charge on any atom is 0.129 e. The van der Waals surface area contributed by atoms with E-state index in [0.717, 1.165) is 18.7 Å². The predicted molar refractivity (Wildman–Crippen MR) is 63.8 cm³/mol. The molecule has 0 amide bonds. The van der Waals surface area contributed by atoms with E-state index in [1.165, 1.54) is 24.8 Å². The van der Waals surface area contributed by atoms with E-state index in [1.54, 1.807) is 0 Å². The Labute approximate surface area is 96.7 Å². The van der Waals surface area contributed by atoms with Gasteiger partial charge in [0.25, 0.3) is 0 Å².